The van der Waals surface area contributed by atoms with Gasteiger partial charge in [0.15, 0.2) is 12.0 Å². The molecule has 22 heavy (non-hydrogen) atoms. The van der Waals surface area contributed by atoms with Crippen LogP contribution in [0.5, 0.6) is 0 Å². The average Bonchev–Trinajstić information content (AvgIpc) is 3.14. The van der Waals surface area contributed by atoms with Gasteiger partial charge in [-0.3, -0.25) is 14.4 Å². The molecule has 1 saturated heterocycles. The SMILES string of the molecule is O=Cc1ccc(-c2ccc(N3CC(C(=O)O)CC3=O)cc2)o1. The van der Waals surface area contributed by atoms with E-state index in [4.69, 9.17) is 9.52 Å². The van der Waals surface area contributed by atoms with Crippen LogP contribution in [0.4, 0.5) is 5.69 Å². The normalized spacial score (nSPS) is 17.7. The number of hydrogen-bond acceptors (Lipinski definition) is 4. The molecule has 0 radical (unpaired) electrons. The lowest BCUT2D eigenvalue weighted by atomic mass is 10.1. The zero-order valence-corrected chi connectivity index (χ0v) is 11.6. The third-order valence-corrected chi connectivity index (χ3v) is 3.68. The van der Waals surface area contributed by atoms with E-state index in [2.05, 4.69) is 0 Å². The van der Waals surface area contributed by atoms with Gasteiger partial charge in [-0.25, -0.2) is 0 Å². The first-order chi connectivity index (χ1) is 10.6. The molecule has 6 heteroatoms. The Morgan fingerprint density at radius 3 is 2.50 bits per heavy atom. The Morgan fingerprint density at radius 2 is 1.95 bits per heavy atom. The van der Waals surface area contributed by atoms with Gasteiger partial charge >= 0.3 is 5.97 Å². The molecule has 1 N–H and O–H groups in total. The molecule has 3 rings (SSSR count). The predicted octanol–water partition coefficient (Wildman–Crippen LogP) is 2.20. The van der Waals surface area contributed by atoms with Gasteiger partial charge < -0.3 is 14.4 Å². The molecule has 1 aliphatic heterocycles. The first kappa shape index (κ1) is 14.1. The molecule has 1 unspecified atom stereocenters. The van der Waals surface area contributed by atoms with Crippen molar-refractivity contribution in [3.63, 3.8) is 0 Å². The average molecular weight is 299 g/mol. The minimum atomic E-state index is -0.954. The molecule has 1 aromatic carbocycles. The number of furan rings is 1. The van der Waals surface area contributed by atoms with E-state index in [9.17, 15) is 14.4 Å². The summed E-state index contributed by atoms with van der Waals surface area (Å²) in [6, 6.07) is 10.3. The fourth-order valence-electron chi connectivity index (χ4n) is 2.50. The molecule has 112 valence electrons. The second-order valence-corrected chi connectivity index (χ2v) is 5.11. The van der Waals surface area contributed by atoms with Crippen LogP contribution in [0.1, 0.15) is 17.0 Å². The summed E-state index contributed by atoms with van der Waals surface area (Å²) in [6.07, 6.45) is 0.658. The molecule has 0 spiro atoms. The number of amides is 1. The molecular formula is C16H13NO5. The maximum absolute atomic E-state index is 11.9. The minimum Gasteiger partial charge on any atom is -0.481 e. The minimum absolute atomic E-state index is 0.0258. The number of anilines is 1. The summed E-state index contributed by atoms with van der Waals surface area (Å²) < 4.78 is 5.33. The van der Waals surface area contributed by atoms with E-state index in [1.54, 1.807) is 36.4 Å². The summed E-state index contributed by atoms with van der Waals surface area (Å²) in [5.74, 6) is -0.999. The second-order valence-electron chi connectivity index (χ2n) is 5.11. The first-order valence-corrected chi connectivity index (χ1v) is 6.77. The lowest BCUT2D eigenvalue weighted by molar-refractivity contribution is -0.141. The number of rotatable bonds is 4. The monoisotopic (exact) mass is 299 g/mol. The van der Waals surface area contributed by atoms with Gasteiger partial charge in [0.2, 0.25) is 5.91 Å². The Kier molecular flexibility index (Phi) is 3.50. The summed E-state index contributed by atoms with van der Waals surface area (Å²) in [6.45, 7) is 0.184. The summed E-state index contributed by atoms with van der Waals surface area (Å²) >= 11 is 0. The van der Waals surface area contributed by atoms with Gasteiger partial charge in [0, 0.05) is 24.2 Å². The molecule has 1 fully saturated rings. The largest absolute Gasteiger partial charge is 0.481 e. The van der Waals surface area contributed by atoms with Gasteiger partial charge in [-0.1, -0.05) is 0 Å². The summed E-state index contributed by atoms with van der Waals surface area (Å²) in [5, 5.41) is 8.99. The van der Waals surface area contributed by atoms with E-state index in [-0.39, 0.29) is 24.6 Å². The van der Waals surface area contributed by atoms with Crippen LogP contribution in [0.25, 0.3) is 11.3 Å². The van der Waals surface area contributed by atoms with E-state index in [0.717, 1.165) is 5.56 Å². The molecule has 0 aliphatic carbocycles. The second kappa shape index (κ2) is 5.48. The number of hydrogen-bond donors (Lipinski definition) is 1. The van der Waals surface area contributed by atoms with Crippen molar-refractivity contribution >= 4 is 23.9 Å². The molecular weight excluding hydrogens is 286 g/mol. The van der Waals surface area contributed by atoms with Crippen LogP contribution in [0.15, 0.2) is 40.8 Å². The zero-order valence-electron chi connectivity index (χ0n) is 11.6. The maximum atomic E-state index is 11.9. The van der Waals surface area contributed by atoms with Crippen LogP contribution in [0, 0.1) is 5.92 Å². The summed E-state index contributed by atoms with van der Waals surface area (Å²) in [7, 11) is 0. The number of carboxylic acids is 1. The van der Waals surface area contributed by atoms with Crippen molar-refractivity contribution in [3.05, 3.63) is 42.2 Å². The van der Waals surface area contributed by atoms with Gasteiger partial charge in [-0.05, 0) is 36.4 Å². The summed E-state index contributed by atoms with van der Waals surface area (Å²) in [4.78, 5) is 35.0. The van der Waals surface area contributed by atoms with Crippen molar-refractivity contribution in [2.75, 3.05) is 11.4 Å². The molecule has 1 amide bonds. The number of aliphatic carboxylic acids is 1. The quantitative estimate of drug-likeness (QED) is 0.874. The molecule has 2 heterocycles. The molecule has 1 aliphatic rings. The number of carbonyl (C=O) groups is 3. The molecule has 6 nitrogen and oxygen atoms in total. The topological polar surface area (TPSA) is 87.8 Å². The summed E-state index contributed by atoms with van der Waals surface area (Å²) in [5.41, 5.74) is 1.43. The van der Waals surface area contributed by atoms with E-state index in [1.807, 2.05) is 0 Å². The van der Waals surface area contributed by atoms with E-state index in [0.29, 0.717) is 17.7 Å². The molecule has 1 aromatic heterocycles. The van der Waals surface area contributed by atoms with Crippen LogP contribution in [0.2, 0.25) is 0 Å². The fraction of sp³-hybridized carbons (Fsp3) is 0.188. The van der Waals surface area contributed by atoms with Crippen LogP contribution in [-0.4, -0.2) is 29.8 Å². The zero-order chi connectivity index (χ0) is 15.7. The molecule has 0 saturated carbocycles. The highest BCUT2D eigenvalue weighted by atomic mass is 16.4. The highest BCUT2D eigenvalue weighted by Crippen LogP contribution is 2.28. The van der Waals surface area contributed by atoms with E-state index >= 15 is 0 Å². The third kappa shape index (κ3) is 2.50. The maximum Gasteiger partial charge on any atom is 0.308 e. The van der Waals surface area contributed by atoms with Crippen molar-refractivity contribution in [2.24, 2.45) is 5.92 Å². The van der Waals surface area contributed by atoms with Crippen molar-refractivity contribution in [3.8, 4) is 11.3 Å². The number of nitrogens with zero attached hydrogens (tertiary/aromatic N) is 1. The Labute approximate surface area is 126 Å². The van der Waals surface area contributed by atoms with Crippen LogP contribution < -0.4 is 4.90 Å². The van der Waals surface area contributed by atoms with Gasteiger partial charge in [0.05, 0.1) is 5.92 Å². The Hall–Kier alpha value is -2.89. The number of aldehydes is 1. The predicted molar refractivity (Wildman–Crippen MR) is 77.6 cm³/mol. The van der Waals surface area contributed by atoms with E-state index < -0.39 is 11.9 Å². The van der Waals surface area contributed by atoms with Gasteiger partial charge in [-0.2, -0.15) is 0 Å². The fourth-order valence-corrected chi connectivity index (χ4v) is 2.50. The van der Waals surface area contributed by atoms with E-state index in [1.165, 1.54) is 4.90 Å². The van der Waals surface area contributed by atoms with Crippen molar-refractivity contribution in [1.29, 1.82) is 0 Å². The third-order valence-electron chi connectivity index (χ3n) is 3.68. The van der Waals surface area contributed by atoms with Gasteiger partial charge in [-0.15, -0.1) is 0 Å². The van der Waals surface area contributed by atoms with Crippen LogP contribution in [-0.2, 0) is 9.59 Å². The van der Waals surface area contributed by atoms with Crippen molar-refractivity contribution in [2.45, 2.75) is 6.42 Å². The smallest absolute Gasteiger partial charge is 0.308 e. The van der Waals surface area contributed by atoms with Crippen LogP contribution in [0.3, 0.4) is 0 Å². The Morgan fingerprint density at radius 1 is 1.23 bits per heavy atom. The highest BCUT2D eigenvalue weighted by molar-refractivity contribution is 5.99. The number of benzene rings is 1. The first-order valence-electron chi connectivity index (χ1n) is 6.77. The standard InChI is InChI=1S/C16H13NO5/c18-9-13-5-6-14(22-13)10-1-3-12(4-2-10)17-8-11(16(20)21)7-15(17)19/h1-6,9,11H,7-8H2,(H,20,21). The molecule has 0 bridgehead atoms. The van der Waals surface area contributed by atoms with Crippen molar-refractivity contribution < 1.29 is 23.9 Å². The van der Waals surface area contributed by atoms with Crippen molar-refractivity contribution in [1.82, 2.24) is 0 Å². The Balaban J connectivity index is 1.81. The molecule has 1 atom stereocenters. The molecule has 2 aromatic rings. The lowest BCUT2D eigenvalue weighted by Crippen LogP contribution is -2.25. The van der Waals surface area contributed by atoms with Crippen LogP contribution >= 0.6 is 0 Å². The number of carbonyl (C=O) groups excluding carboxylic acids is 2. The van der Waals surface area contributed by atoms with Gasteiger partial charge in [0.25, 0.3) is 0 Å². The van der Waals surface area contributed by atoms with Gasteiger partial charge in [0.1, 0.15) is 5.76 Å². The highest BCUT2D eigenvalue weighted by Gasteiger charge is 2.34. The lowest BCUT2D eigenvalue weighted by Gasteiger charge is -2.16. The number of carboxylic acid groups (broad SMARTS) is 1. The Bertz CT molecular complexity index is 731.